The van der Waals surface area contributed by atoms with Crippen LogP contribution in [0.1, 0.15) is 22.7 Å². The summed E-state index contributed by atoms with van der Waals surface area (Å²) in [7, 11) is 0. The maximum Gasteiger partial charge on any atom is 0.216 e. The van der Waals surface area contributed by atoms with Gasteiger partial charge in [-0.2, -0.15) is 0 Å². The highest BCUT2D eigenvalue weighted by atomic mass is 16.6. The van der Waals surface area contributed by atoms with Crippen LogP contribution >= 0.6 is 0 Å². The van der Waals surface area contributed by atoms with Gasteiger partial charge in [0.25, 0.3) is 0 Å². The van der Waals surface area contributed by atoms with Crippen molar-refractivity contribution >= 4 is 0 Å². The number of H-pyrrole nitrogens is 1. The molecule has 17 heavy (non-hydrogen) atoms. The second kappa shape index (κ2) is 4.82. The smallest absolute Gasteiger partial charge is 0.216 e. The molecule has 1 N–H and O–H groups in total. The van der Waals surface area contributed by atoms with Crippen molar-refractivity contribution in [3.05, 3.63) is 69.5 Å². The van der Waals surface area contributed by atoms with Crippen LogP contribution in [-0.4, -0.2) is 16.5 Å². The van der Waals surface area contributed by atoms with E-state index in [1.54, 1.807) is 6.20 Å². The Morgan fingerprint density at radius 3 is 2.53 bits per heavy atom. The topological polar surface area (TPSA) is 58.9 Å². The number of aryl methyl sites for hydroxylation is 1. The molecule has 0 aliphatic heterocycles. The highest BCUT2D eigenvalue weighted by Crippen LogP contribution is 2.23. The molecule has 0 spiro atoms. The van der Waals surface area contributed by atoms with Crippen molar-refractivity contribution in [1.82, 2.24) is 4.98 Å². The van der Waals surface area contributed by atoms with Crippen molar-refractivity contribution < 1.29 is 4.92 Å². The lowest BCUT2D eigenvalue weighted by Gasteiger charge is -2.12. The summed E-state index contributed by atoms with van der Waals surface area (Å²) in [5.74, 6) is -0.208. The van der Waals surface area contributed by atoms with Crippen LogP contribution in [0.15, 0.2) is 42.6 Å². The van der Waals surface area contributed by atoms with Crippen LogP contribution in [0.5, 0.6) is 0 Å². The lowest BCUT2D eigenvalue weighted by Crippen LogP contribution is -2.14. The standard InChI is InChI=1S/C13H14N2O2/c1-10-4-6-11(7-5-10)12(9-15(16)17)13-3-2-8-14-13/h2-8,12,14H,9H2,1H3/t12-/m1/s1. The van der Waals surface area contributed by atoms with E-state index in [-0.39, 0.29) is 17.4 Å². The van der Waals surface area contributed by atoms with Crippen molar-refractivity contribution in [2.75, 3.05) is 6.54 Å². The maximum absolute atomic E-state index is 10.7. The molecule has 0 saturated heterocycles. The first-order valence-electron chi connectivity index (χ1n) is 5.48. The minimum atomic E-state index is -0.272. The number of hydrogen-bond acceptors (Lipinski definition) is 2. The number of aromatic amines is 1. The molecule has 2 rings (SSSR count). The molecule has 1 atom stereocenters. The minimum Gasteiger partial charge on any atom is -0.364 e. The molecule has 0 aliphatic carbocycles. The molecule has 0 radical (unpaired) electrons. The third-order valence-electron chi connectivity index (χ3n) is 2.81. The van der Waals surface area contributed by atoms with Gasteiger partial charge in [-0.15, -0.1) is 0 Å². The fourth-order valence-corrected chi connectivity index (χ4v) is 1.89. The zero-order valence-electron chi connectivity index (χ0n) is 9.59. The zero-order chi connectivity index (χ0) is 12.3. The highest BCUT2D eigenvalue weighted by molar-refractivity contribution is 5.31. The summed E-state index contributed by atoms with van der Waals surface area (Å²) < 4.78 is 0. The van der Waals surface area contributed by atoms with Gasteiger partial charge in [-0.05, 0) is 24.6 Å². The molecule has 4 heteroatoms. The van der Waals surface area contributed by atoms with Crippen LogP contribution in [0.2, 0.25) is 0 Å². The van der Waals surface area contributed by atoms with E-state index in [2.05, 4.69) is 4.98 Å². The molecule has 4 nitrogen and oxygen atoms in total. The monoisotopic (exact) mass is 230 g/mol. The van der Waals surface area contributed by atoms with Gasteiger partial charge in [0.05, 0.1) is 5.92 Å². The van der Waals surface area contributed by atoms with Crippen molar-refractivity contribution in [3.63, 3.8) is 0 Å². The second-order valence-corrected chi connectivity index (χ2v) is 4.10. The fourth-order valence-electron chi connectivity index (χ4n) is 1.89. The van der Waals surface area contributed by atoms with Crippen molar-refractivity contribution in [2.45, 2.75) is 12.8 Å². The van der Waals surface area contributed by atoms with Crippen molar-refractivity contribution in [1.29, 1.82) is 0 Å². The van der Waals surface area contributed by atoms with Crippen LogP contribution in [0.4, 0.5) is 0 Å². The van der Waals surface area contributed by atoms with E-state index < -0.39 is 0 Å². The predicted octanol–water partition coefficient (Wildman–Crippen LogP) is 2.73. The molecule has 1 aromatic carbocycles. The first-order chi connectivity index (χ1) is 8.16. The molecule has 0 aliphatic rings. The van der Waals surface area contributed by atoms with Gasteiger partial charge in [-0.25, -0.2) is 0 Å². The van der Waals surface area contributed by atoms with Gasteiger partial charge in [0.2, 0.25) is 6.54 Å². The zero-order valence-corrected chi connectivity index (χ0v) is 9.59. The largest absolute Gasteiger partial charge is 0.364 e. The van der Waals surface area contributed by atoms with E-state index in [9.17, 15) is 10.1 Å². The Hall–Kier alpha value is -2.10. The Labute approximate surface area is 99.4 Å². The number of benzene rings is 1. The summed E-state index contributed by atoms with van der Waals surface area (Å²) in [5.41, 5.74) is 3.00. The van der Waals surface area contributed by atoms with Crippen LogP contribution < -0.4 is 0 Å². The average Bonchev–Trinajstić information content (AvgIpc) is 2.80. The maximum atomic E-state index is 10.7. The van der Waals surface area contributed by atoms with E-state index in [1.165, 1.54) is 0 Å². The number of hydrogen-bond donors (Lipinski definition) is 1. The normalized spacial score (nSPS) is 12.3. The van der Waals surface area contributed by atoms with Crippen LogP contribution in [0.3, 0.4) is 0 Å². The van der Waals surface area contributed by atoms with Gasteiger partial charge in [-0.3, -0.25) is 10.1 Å². The van der Waals surface area contributed by atoms with Gasteiger partial charge in [0.1, 0.15) is 0 Å². The number of nitrogens with one attached hydrogen (secondary N) is 1. The lowest BCUT2D eigenvalue weighted by molar-refractivity contribution is -0.481. The molecule has 0 bridgehead atoms. The summed E-state index contributed by atoms with van der Waals surface area (Å²) in [4.78, 5) is 13.5. The van der Waals surface area contributed by atoms with E-state index in [0.29, 0.717) is 0 Å². The molecule has 0 amide bonds. The van der Waals surface area contributed by atoms with Gasteiger partial charge in [0, 0.05) is 16.8 Å². The van der Waals surface area contributed by atoms with Gasteiger partial charge in [-0.1, -0.05) is 29.8 Å². The SMILES string of the molecule is Cc1ccc([C@@H](C[N+](=O)[O-])c2ccc[nH]2)cc1. The molecule has 1 aromatic heterocycles. The number of nitro groups is 1. The Morgan fingerprint density at radius 2 is 2.00 bits per heavy atom. The Bertz CT molecular complexity index is 489. The summed E-state index contributed by atoms with van der Waals surface area (Å²) in [5, 5.41) is 10.7. The van der Waals surface area contributed by atoms with Crippen LogP contribution in [0, 0.1) is 17.0 Å². The van der Waals surface area contributed by atoms with E-state index in [4.69, 9.17) is 0 Å². The average molecular weight is 230 g/mol. The summed E-state index contributed by atoms with van der Waals surface area (Å²) >= 11 is 0. The van der Waals surface area contributed by atoms with Gasteiger partial charge >= 0.3 is 0 Å². The van der Waals surface area contributed by atoms with Crippen LogP contribution in [-0.2, 0) is 0 Å². The molecule has 0 unspecified atom stereocenters. The van der Waals surface area contributed by atoms with E-state index in [1.807, 2.05) is 43.3 Å². The molecule has 88 valence electrons. The summed E-state index contributed by atoms with van der Waals surface area (Å²) in [6.07, 6.45) is 1.79. The first-order valence-corrected chi connectivity index (χ1v) is 5.48. The quantitative estimate of drug-likeness (QED) is 0.648. The Kier molecular flexibility index (Phi) is 3.23. The van der Waals surface area contributed by atoms with E-state index >= 15 is 0 Å². The van der Waals surface area contributed by atoms with Crippen LogP contribution in [0.25, 0.3) is 0 Å². The Morgan fingerprint density at radius 1 is 1.29 bits per heavy atom. The summed E-state index contributed by atoms with van der Waals surface area (Å²) in [6.45, 7) is 1.91. The summed E-state index contributed by atoms with van der Waals surface area (Å²) in [6, 6.07) is 11.6. The number of rotatable bonds is 4. The minimum absolute atomic E-state index is 0.0937. The Balaban J connectivity index is 2.33. The van der Waals surface area contributed by atoms with Gasteiger partial charge < -0.3 is 4.98 Å². The molecule has 0 saturated carbocycles. The van der Waals surface area contributed by atoms with Gasteiger partial charge in [0.15, 0.2) is 0 Å². The molecular formula is C13H14N2O2. The molecule has 2 aromatic rings. The fraction of sp³-hybridized carbons (Fsp3) is 0.231. The van der Waals surface area contributed by atoms with Crippen molar-refractivity contribution in [2.24, 2.45) is 0 Å². The van der Waals surface area contributed by atoms with E-state index in [0.717, 1.165) is 16.8 Å². The molecule has 1 heterocycles. The second-order valence-electron chi connectivity index (χ2n) is 4.10. The third-order valence-corrected chi connectivity index (χ3v) is 2.81. The highest BCUT2D eigenvalue weighted by Gasteiger charge is 2.20. The van der Waals surface area contributed by atoms with Crippen molar-refractivity contribution in [3.8, 4) is 0 Å². The number of aromatic nitrogens is 1. The lowest BCUT2D eigenvalue weighted by atomic mass is 9.95. The molecular weight excluding hydrogens is 216 g/mol. The predicted molar refractivity (Wildman–Crippen MR) is 65.7 cm³/mol. The molecule has 0 fully saturated rings. The number of nitrogens with zero attached hydrogens (tertiary/aromatic N) is 1. The first kappa shape index (κ1) is 11.4. The third kappa shape index (κ3) is 2.72.